The van der Waals surface area contributed by atoms with Crippen LogP contribution in [0.15, 0.2) is 26.8 Å². The molecule has 31 heavy (non-hydrogen) atoms. The van der Waals surface area contributed by atoms with E-state index in [1.54, 1.807) is 4.90 Å². The summed E-state index contributed by atoms with van der Waals surface area (Å²) in [5, 5.41) is 0. The van der Waals surface area contributed by atoms with Gasteiger partial charge in [-0.1, -0.05) is 97.8 Å². The maximum Gasteiger partial charge on any atom is 0.0344 e. The van der Waals surface area contributed by atoms with E-state index in [4.69, 9.17) is 0 Å². The lowest BCUT2D eigenvalue weighted by Crippen LogP contribution is -1.92. The molecule has 0 aliphatic heterocycles. The molecule has 0 nitrogen and oxygen atoms in total. The van der Waals surface area contributed by atoms with Crippen LogP contribution in [-0.4, -0.2) is 17.3 Å². The third-order valence-electron chi connectivity index (χ3n) is 5.59. The average molecular weight is 482 g/mol. The number of benzene rings is 1. The molecule has 0 heterocycles. The Hall–Kier alpha value is 0.270. The summed E-state index contributed by atoms with van der Waals surface area (Å²) in [6, 6.07) is 4.70. The van der Waals surface area contributed by atoms with Crippen LogP contribution in [0.2, 0.25) is 0 Å². The Bertz CT molecular complexity index is 504. The predicted molar refractivity (Wildman–Crippen MR) is 149 cm³/mol. The van der Waals surface area contributed by atoms with Crippen molar-refractivity contribution in [3.05, 3.63) is 24.6 Å². The molecule has 0 saturated carbocycles. The molecule has 0 unspecified atom stereocenters. The first-order valence-corrected chi connectivity index (χ1v) is 16.1. The third kappa shape index (κ3) is 14.9. The van der Waals surface area contributed by atoms with Crippen molar-refractivity contribution in [3.8, 4) is 0 Å². The monoisotopic (exact) mass is 481 g/mol. The molecule has 0 saturated heterocycles. The summed E-state index contributed by atoms with van der Waals surface area (Å²) in [5.41, 5.74) is 1.19. The molecule has 0 aliphatic carbocycles. The number of hydrogen-bond donors (Lipinski definition) is 0. The summed E-state index contributed by atoms with van der Waals surface area (Å²) in [4.78, 5) is 4.55. The second-order valence-corrected chi connectivity index (χ2v) is 12.1. The fraction of sp³-hybridized carbons (Fsp3) is 0.750. The van der Waals surface area contributed by atoms with Gasteiger partial charge in [0.1, 0.15) is 0 Å². The molecular weight excluding hydrogens is 433 g/mol. The zero-order valence-electron chi connectivity index (χ0n) is 20.8. The van der Waals surface area contributed by atoms with E-state index < -0.39 is 0 Å². The largest absolute Gasteiger partial charge is 0.125 e. The summed E-state index contributed by atoms with van der Waals surface area (Å²) >= 11 is 6.28. The standard InChI is InChI=1S/C28H49S3/c1-5-8-11-14-17-20-29-26-23-25(4)24-27(30-21-18-15-12-9-6-2)28(26)31-22-19-16-13-10-7-3/h23-24H,4-22H2,1-3H3. The van der Waals surface area contributed by atoms with E-state index in [1.807, 2.05) is 0 Å². The molecule has 3 heteroatoms. The van der Waals surface area contributed by atoms with Crippen molar-refractivity contribution in [2.75, 3.05) is 17.3 Å². The molecule has 0 amide bonds. The Morgan fingerprint density at radius 2 is 0.871 bits per heavy atom. The van der Waals surface area contributed by atoms with E-state index in [2.05, 4.69) is 75.1 Å². The molecule has 1 radical (unpaired) electrons. The Balaban J connectivity index is 2.66. The minimum atomic E-state index is 1.19. The summed E-state index contributed by atoms with van der Waals surface area (Å²) in [6.07, 6.45) is 20.5. The van der Waals surface area contributed by atoms with E-state index >= 15 is 0 Å². The van der Waals surface area contributed by atoms with Crippen LogP contribution in [0.5, 0.6) is 0 Å². The summed E-state index contributed by atoms with van der Waals surface area (Å²) < 4.78 is 0. The summed E-state index contributed by atoms with van der Waals surface area (Å²) in [6.45, 7) is 11.2. The minimum Gasteiger partial charge on any atom is -0.125 e. The highest BCUT2D eigenvalue weighted by Crippen LogP contribution is 2.41. The van der Waals surface area contributed by atoms with Crippen LogP contribution in [0.4, 0.5) is 0 Å². The highest BCUT2D eigenvalue weighted by molar-refractivity contribution is 8.03. The highest BCUT2D eigenvalue weighted by Gasteiger charge is 2.12. The normalized spacial score (nSPS) is 11.4. The number of rotatable bonds is 21. The van der Waals surface area contributed by atoms with Crippen molar-refractivity contribution in [2.24, 2.45) is 0 Å². The molecule has 0 fully saturated rings. The molecule has 1 aromatic rings. The molecular formula is C28H49S3. The van der Waals surface area contributed by atoms with Crippen molar-refractivity contribution >= 4 is 35.3 Å². The first-order chi connectivity index (χ1) is 15.2. The second-order valence-electron chi connectivity index (χ2n) is 8.71. The van der Waals surface area contributed by atoms with Crippen molar-refractivity contribution in [3.63, 3.8) is 0 Å². The van der Waals surface area contributed by atoms with Gasteiger partial charge in [0.15, 0.2) is 0 Å². The first-order valence-electron chi connectivity index (χ1n) is 13.1. The number of thioether (sulfide) groups is 3. The quantitative estimate of drug-likeness (QED) is 0.126. The topological polar surface area (TPSA) is 0 Å². The van der Waals surface area contributed by atoms with E-state index in [9.17, 15) is 0 Å². The van der Waals surface area contributed by atoms with Crippen molar-refractivity contribution in [1.29, 1.82) is 0 Å². The highest BCUT2D eigenvalue weighted by atomic mass is 32.2. The van der Waals surface area contributed by atoms with Crippen LogP contribution in [-0.2, 0) is 0 Å². The number of hydrogen-bond acceptors (Lipinski definition) is 3. The van der Waals surface area contributed by atoms with Gasteiger partial charge in [0.2, 0.25) is 0 Å². The third-order valence-corrected chi connectivity index (χ3v) is 9.32. The van der Waals surface area contributed by atoms with Crippen molar-refractivity contribution < 1.29 is 0 Å². The van der Waals surface area contributed by atoms with Crippen LogP contribution >= 0.6 is 35.3 Å². The van der Waals surface area contributed by atoms with Gasteiger partial charge < -0.3 is 0 Å². The lowest BCUT2D eigenvalue weighted by molar-refractivity contribution is 0.658. The minimum absolute atomic E-state index is 1.19. The SMILES string of the molecule is [CH2]c1cc(SCCCCCCC)c(SCCCCCCC)c(SCCCCCCC)c1. The zero-order chi connectivity index (χ0) is 22.6. The zero-order valence-corrected chi connectivity index (χ0v) is 23.3. The van der Waals surface area contributed by atoms with Crippen LogP contribution < -0.4 is 0 Å². The molecule has 0 aromatic heterocycles. The van der Waals surface area contributed by atoms with Gasteiger partial charge in [-0.3, -0.25) is 0 Å². The van der Waals surface area contributed by atoms with E-state index in [0.717, 1.165) is 0 Å². The molecule has 1 aromatic carbocycles. The van der Waals surface area contributed by atoms with Crippen molar-refractivity contribution in [2.45, 2.75) is 132 Å². The van der Waals surface area contributed by atoms with Crippen LogP contribution in [0.1, 0.15) is 123 Å². The Labute approximate surface area is 208 Å². The van der Waals surface area contributed by atoms with Gasteiger partial charge in [-0.2, -0.15) is 0 Å². The van der Waals surface area contributed by atoms with Gasteiger partial charge in [-0.15, -0.1) is 35.3 Å². The van der Waals surface area contributed by atoms with E-state index in [1.165, 1.54) is 129 Å². The maximum absolute atomic E-state index is 4.31. The molecule has 0 aliphatic rings. The van der Waals surface area contributed by atoms with Gasteiger partial charge in [0.05, 0.1) is 0 Å². The van der Waals surface area contributed by atoms with Gasteiger partial charge in [-0.25, -0.2) is 0 Å². The predicted octanol–water partition coefficient (Wildman–Crippen LogP) is 11.1. The Morgan fingerprint density at radius 1 is 0.516 bits per heavy atom. The summed E-state index contributed by atoms with van der Waals surface area (Å²) in [5.74, 6) is 3.75. The van der Waals surface area contributed by atoms with Crippen molar-refractivity contribution in [1.82, 2.24) is 0 Å². The molecule has 1 rings (SSSR count). The Morgan fingerprint density at radius 3 is 1.26 bits per heavy atom. The average Bonchev–Trinajstić information content (AvgIpc) is 2.76. The van der Waals surface area contributed by atoms with Gasteiger partial charge in [0.25, 0.3) is 0 Å². The van der Waals surface area contributed by atoms with Crippen LogP contribution in [0, 0.1) is 6.92 Å². The van der Waals surface area contributed by atoms with Crippen LogP contribution in [0.3, 0.4) is 0 Å². The molecule has 0 spiro atoms. The lowest BCUT2D eigenvalue weighted by Gasteiger charge is -2.16. The van der Waals surface area contributed by atoms with E-state index in [0.29, 0.717) is 0 Å². The van der Waals surface area contributed by atoms with Gasteiger partial charge in [-0.05, 0) is 61.1 Å². The summed E-state index contributed by atoms with van der Waals surface area (Å²) in [7, 11) is 0. The van der Waals surface area contributed by atoms with Gasteiger partial charge in [0, 0.05) is 14.7 Å². The molecule has 0 atom stereocenters. The maximum atomic E-state index is 4.31. The second kappa shape index (κ2) is 20.8. The smallest absolute Gasteiger partial charge is 0.0344 e. The Kier molecular flexibility index (Phi) is 19.7. The first kappa shape index (κ1) is 29.3. The van der Waals surface area contributed by atoms with E-state index in [-0.39, 0.29) is 0 Å². The molecule has 179 valence electrons. The van der Waals surface area contributed by atoms with Crippen LogP contribution in [0.25, 0.3) is 0 Å². The lowest BCUT2D eigenvalue weighted by atomic mass is 10.2. The molecule has 0 bridgehead atoms. The number of unbranched alkanes of at least 4 members (excludes halogenated alkanes) is 12. The van der Waals surface area contributed by atoms with Gasteiger partial charge >= 0.3 is 0 Å². The fourth-order valence-electron chi connectivity index (χ4n) is 3.64. The molecule has 0 N–H and O–H groups in total. The fourth-order valence-corrected chi connectivity index (χ4v) is 7.46.